The number of para-hydroxylation sites is 1. The smallest absolute Gasteiger partial charge is 0.338 e. The van der Waals surface area contributed by atoms with E-state index < -0.39 is 17.8 Å². The number of carbonyl (C=O) groups excluding carboxylic acids is 4. The summed E-state index contributed by atoms with van der Waals surface area (Å²) in [4.78, 5) is 52.2. The van der Waals surface area contributed by atoms with E-state index in [-0.39, 0.29) is 17.4 Å². The van der Waals surface area contributed by atoms with E-state index in [1.165, 1.54) is 32.1 Å². The van der Waals surface area contributed by atoms with Gasteiger partial charge in [-0.2, -0.15) is 0 Å². The Bertz CT molecular complexity index is 1760. The summed E-state index contributed by atoms with van der Waals surface area (Å²) in [7, 11) is 3.00. The van der Waals surface area contributed by atoms with Crippen molar-refractivity contribution in [3.8, 4) is 11.5 Å². The van der Waals surface area contributed by atoms with Gasteiger partial charge in [0, 0.05) is 27.4 Å². The third-order valence-corrected chi connectivity index (χ3v) is 7.85. The van der Waals surface area contributed by atoms with Gasteiger partial charge < -0.3 is 30.2 Å². The topological polar surface area (TPSA) is 132 Å². The van der Waals surface area contributed by atoms with Crippen molar-refractivity contribution < 1.29 is 33.4 Å². The van der Waals surface area contributed by atoms with Crippen molar-refractivity contribution >= 4 is 52.9 Å². The number of benzene rings is 4. The third-order valence-electron chi connectivity index (χ3n) is 6.86. The monoisotopic (exact) mass is 667 g/mol. The largest absolute Gasteiger partial charge is 0.493 e. The molecule has 11 heteroatoms. The second-order valence-electron chi connectivity index (χ2n) is 10.3. The number of esters is 1. The zero-order valence-corrected chi connectivity index (χ0v) is 27.7. The van der Waals surface area contributed by atoms with Gasteiger partial charge >= 0.3 is 5.97 Å². The number of thioether (sulfide) groups is 1. The van der Waals surface area contributed by atoms with E-state index >= 15 is 0 Å². The van der Waals surface area contributed by atoms with Gasteiger partial charge in [0.05, 0.1) is 32.1 Å². The van der Waals surface area contributed by atoms with Crippen LogP contribution in [0.1, 0.15) is 46.0 Å². The number of hydrogen-bond donors (Lipinski definition) is 3. The number of nitrogens with one attached hydrogen (secondary N) is 3. The molecule has 248 valence electrons. The van der Waals surface area contributed by atoms with Crippen LogP contribution in [0.25, 0.3) is 6.08 Å². The fourth-order valence-electron chi connectivity index (χ4n) is 4.41. The summed E-state index contributed by atoms with van der Waals surface area (Å²) in [6.07, 6.45) is 3.25. The molecule has 0 aromatic heterocycles. The lowest BCUT2D eigenvalue weighted by Gasteiger charge is -2.14. The summed E-state index contributed by atoms with van der Waals surface area (Å²) in [6.45, 7) is 2.39. The molecule has 4 aromatic carbocycles. The Morgan fingerprint density at radius 1 is 0.771 bits per heavy atom. The highest BCUT2D eigenvalue weighted by molar-refractivity contribution is 8.00. The lowest BCUT2D eigenvalue weighted by molar-refractivity contribution is -0.114. The van der Waals surface area contributed by atoms with Crippen LogP contribution in [0.5, 0.6) is 11.5 Å². The number of rotatable bonds is 15. The van der Waals surface area contributed by atoms with Crippen LogP contribution in [-0.2, 0) is 14.3 Å². The summed E-state index contributed by atoms with van der Waals surface area (Å²) in [5, 5.41) is 8.37. The van der Waals surface area contributed by atoms with Crippen LogP contribution in [0.2, 0.25) is 0 Å². The van der Waals surface area contributed by atoms with Gasteiger partial charge in [0.25, 0.3) is 11.8 Å². The Balaban J connectivity index is 1.42. The summed E-state index contributed by atoms with van der Waals surface area (Å²) >= 11 is 1.28. The summed E-state index contributed by atoms with van der Waals surface area (Å²) < 4.78 is 16.1. The molecule has 48 heavy (non-hydrogen) atoms. The van der Waals surface area contributed by atoms with Crippen LogP contribution < -0.4 is 25.4 Å². The minimum absolute atomic E-state index is 0.0203. The Hall–Kier alpha value is -5.55. The molecule has 0 spiro atoms. The van der Waals surface area contributed by atoms with Crippen LogP contribution in [0, 0.1) is 0 Å². The highest BCUT2D eigenvalue weighted by atomic mass is 32.2. The van der Waals surface area contributed by atoms with Crippen molar-refractivity contribution in [3.05, 3.63) is 119 Å². The number of anilines is 2. The first-order valence-corrected chi connectivity index (χ1v) is 16.2. The van der Waals surface area contributed by atoms with Gasteiger partial charge in [-0.25, -0.2) is 4.79 Å². The molecule has 0 aliphatic rings. The Labute approximate surface area is 283 Å². The lowest BCUT2D eigenvalue weighted by Crippen LogP contribution is -2.30. The molecule has 0 fully saturated rings. The van der Waals surface area contributed by atoms with Crippen molar-refractivity contribution in [2.24, 2.45) is 0 Å². The van der Waals surface area contributed by atoms with Gasteiger partial charge in [0.1, 0.15) is 5.70 Å². The van der Waals surface area contributed by atoms with Crippen LogP contribution >= 0.6 is 11.8 Å². The van der Waals surface area contributed by atoms with E-state index in [9.17, 15) is 19.2 Å². The van der Waals surface area contributed by atoms with Crippen molar-refractivity contribution in [2.75, 3.05) is 37.2 Å². The van der Waals surface area contributed by atoms with Crippen LogP contribution in [0.4, 0.5) is 11.4 Å². The fraction of sp³-hybridized carbons (Fsp3) is 0.189. The molecule has 0 atom stereocenters. The summed E-state index contributed by atoms with van der Waals surface area (Å²) in [5.74, 6) is -0.701. The van der Waals surface area contributed by atoms with Crippen molar-refractivity contribution in [3.63, 3.8) is 0 Å². The molecule has 0 radical (unpaired) electrons. The van der Waals surface area contributed by atoms with Gasteiger partial charge in [-0.15, -0.1) is 11.8 Å². The molecular formula is C37H37N3O7S. The highest BCUT2D eigenvalue weighted by Gasteiger charge is 2.18. The molecule has 4 rings (SSSR count). The van der Waals surface area contributed by atoms with Gasteiger partial charge in [-0.3, -0.25) is 14.4 Å². The first-order valence-electron chi connectivity index (χ1n) is 15.2. The zero-order chi connectivity index (χ0) is 34.3. The maximum absolute atomic E-state index is 13.6. The van der Waals surface area contributed by atoms with E-state index in [2.05, 4.69) is 16.0 Å². The van der Waals surface area contributed by atoms with Gasteiger partial charge in [-0.05, 0) is 73.2 Å². The Morgan fingerprint density at radius 2 is 1.52 bits per heavy atom. The maximum atomic E-state index is 13.6. The fourth-order valence-corrected chi connectivity index (χ4v) is 5.17. The average molecular weight is 668 g/mol. The number of ether oxygens (including phenoxy) is 3. The molecule has 3 amide bonds. The van der Waals surface area contributed by atoms with E-state index in [1.54, 1.807) is 91.0 Å². The minimum atomic E-state index is -0.568. The number of hydrogen-bond acceptors (Lipinski definition) is 8. The third kappa shape index (κ3) is 10.2. The number of unbranched alkanes of at least 4 members (excludes halogenated alkanes) is 1. The maximum Gasteiger partial charge on any atom is 0.338 e. The molecule has 3 N–H and O–H groups in total. The van der Waals surface area contributed by atoms with E-state index in [0.29, 0.717) is 46.2 Å². The molecular weight excluding hydrogens is 630 g/mol. The normalized spacial score (nSPS) is 10.9. The summed E-state index contributed by atoms with van der Waals surface area (Å²) in [5.41, 5.74) is 2.31. The molecule has 0 aliphatic heterocycles. The second kappa shape index (κ2) is 18.0. The Morgan fingerprint density at radius 3 is 2.23 bits per heavy atom. The van der Waals surface area contributed by atoms with E-state index in [0.717, 1.165) is 17.7 Å². The first-order chi connectivity index (χ1) is 23.3. The number of carbonyl (C=O) groups is 4. The Kier molecular flexibility index (Phi) is 13.2. The molecule has 0 unspecified atom stereocenters. The van der Waals surface area contributed by atoms with Crippen molar-refractivity contribution in [2.45, 2.75) is 24.7 Å². The highest BCUT2D eigenvalue weighted by Crippen LogP contribution is 2.32. The minimum Gasteiger partial charge on any atom is -0.493 e. The second-order valence-corrected chi connectivity index (χ2v) is 11.4. The predicted octanol–water partition coefficient (Wildman–Crippen LogP) is 6.80. The van der Waals surface area contributed by atoms with Crippen molar-refractivity contribution in [1.29, 1.82) is 0 Å². The molecule has 0 saturated carbocycles. The van der Waals surface area contributed by atoms with Crippen molar-refractivity contribution in [1.82, 2.24) is 5.32 Å². The SMILES string of the molecule is CCCCOC(=O)c1ccc(NC(=O)CSc2cccc(NC(=O)/C(=C\c3cccc(OC)c3OC)NC(=O)c3ccccc3)c2)cc1. The van der Waals surface area contributed by atoms with Crippen LogP contribution in [0.3, 0.4) is 0 Å². The standard InChI is InChI=1S/C37H37N3O7S/c1-4-5-21-47-37(44)26-17-19-28(20-18-26)38-33(41)24-48-30-15-10-14-29(23-30)39-36(43)31(40-35(42)25-11-7-6-8-12-25)22-27-13-9-16-32(45-2)34(27)46-3/h6-20,22-23H,4-5,21,24H2,1-3H3,(H,38,41)(H,39,43)(H,40,42)/b31-22+. The van der Waals surface area contributed by atoms with Gasteiger partial charge in [0.2, 0.25) is 5.91 Å². The van der Waals surface area contributed by atoms with Crippen LogP contribution in [0.15, 0.2) is 108 Å². The molecule has 4 aromatic rings. The number of methoxy groups -OCH3 is 2. The van der Waals surface area contributed by atoms with Gasteiger partial charge in [-0.1, -0.05) is 49.7 Å². The van der Waals surface area contributed by atoms with E-state index in [4.69, 9.17) is 14.2 Å². The molecule has 0 aliphatic carbocycles. The molecule has 0 heterocycles. The molecule has 10 nitrogen and oxygen atoms in total. The zero-order valence-electron chi connectivity index (χ0n) is 26.9. The van der Waals surface area contributed by atoms with E-state index in [1.807, 2.05) is 13.0 Å². The lowest BCUT2D eigenvalue weighted by atomic mass is 10.1. The summed E-state index contributed by atoms with van der Waals surface area (Å²) in [6, 6.07) is 27.3. The quantitative estimate of drug-likeness (QED) is 0.0546. The van der Waals surface area contributed by atoms with Gasteiger partial charge in [0.15, 0.2) is 11.5 Å². The first kappa shape index (κ1) is 35.3. The molecule has 0 bridgehead atoms. The molecule has 0 saturated heterocycles. The number of amides is 3. The predicted molar refractivity (Wildman–Crippen MR) is 187 cm³/mol. The average Bonchev–Trinajstić information content (AvgIpc) is 3.11. The van der Waals surface area contributed by atoms with Crippen LogP contribution in [-0.4, -0.2) is 50.3 Å².